The van der Waals surface area contributed by atoms with Crippen molar-refractivity contribution in [2.24, 2.45) is 5.92 Å². The van der Waals surface area contributed by atoms with Gasteiger partial charge in [-0.3, -0.25) is 4.68 Å². The van der Waals surface area contributed by atoms with Crippen LogP contribution in [0.4, 0.5) is 0 Å². The van der Waals surface area contributed by atoms with Crippen molar-refractivity contribution in [3.8, 4) is 11.3 Å². The molecule has 3 aromatic carbocycles. The number of carbonyl (C=O) groups is 1. The fraction of sp³-hybridized carbons (Fsp3) is 0.278. The highest BCUT2D eigenvalue weighted by Gasteiger charge is 2.54. The Morgan fingerprint density at radius 2 is 1.47 bits per heavy atom. The van der Waals surface area contributed by atoms with Crippen LogP contribution in [0.1, 0.15) is 55.6 Å². The number of nitrogens with zero attached hydrogens (tertiary/aromatic N) is 2. The van der Waals surface area contributed by atoms with Crippen molar-refractivity contribution in [3.63, 3.8) is 0 Å². The lowest BCUT2D eigenvalue weighted by atomic mass is 9.70. The molecular weight excluding hydrogens is 535 g/mol. The SMILES string of the molecule is COC(=O)c1ccc(-c2nn(C(c3ccccc3)(c3ccccc3)C3C=CC=CC3)cc2B2OC(C)(C)C(C)(C)O2)cc1. The number of rotatable bonds is 7. The highest BCUT2D eigenvalue weighted by Crippen LogP contribution is 2.45. The Bertz CT molecular complexity index is 1600. The van der Waals surface area contributed by atoms with Crippen LogP contribution in [-0.4, -0.2) is 41.2 Å². The topological polar surface area (TPSA) is 62.6 Å². The molecule has 43 heavy (non-hydrogen) atoms. The van der Waals surface area contributed by atoms with Crippen LogP contribution in [0.2, 0.25) is 0 Å². The van der Waals surface area contributed by atoms with Crippen molar-refractivity contribution >= 4 is 18.6 Å². The van der Waals surface area contributed by atoms with E-state index in [-0.39, 0.29) is 11.9 Å². The minimum absolute atomic E-state index is 0.0721. The zero-order valence-electron chi connectivity index (χ0n) is 25.4. The van der Waals surface area contributed by atoms with Crippen LogP contribution < -0.4 is 5.46 Å². The van der Waals surface area contributed by atoms with Gasteiger partial charge in [-0.15, -0.1) is 0 Å². The van der Waals surface area contributed by atoms with Crippen molar-refractivity contribution in [2.75, 3.05) is 7.11 Å². The van der Waals surface area contributed by atoms with E-state index in [1.807, 2.05) is 24.3 Å². The molecule has 6 nitrogen and oxygen atoms in total. The number of methoxy groups -OCH3 is 1. The minimum atomic E-state index is -0.674. The summed E-state index contributed by atoms with van der Waals surface area (Å²) in [7, 11) is 0.746. The minimum Gasteiger partial charge on any atom is -0.465 e. The lowest BCUT2D eigenvalue weighted by Gasteiger charge is -2.41. The van der Waals surface area contributed by atoms with Gasteiger partial charge in [-0.1, -0.05) is 97.1 Å². The van der Waals surface area contributed by atoms with Crippen LogP contribution in [0.5, 0.6) is 0 Å². The second-order valence-corrected chi connectivity index (χ2v) is 12.2. The van der Waals surface area contributed by atoms with Gasteiger partial charge in [0.05, 0.1) is 29.6 Å². The molecule has 1 saturated heterocycles. The second-order valence-electron chi connectivity index (χ2n) is 12.2. The van der Waals surface area contributed by atoms with Gasteiger partial charge in [0.1, 0.15) is 5.54 Å². The second kappa shape index (κ2) is 11.1. The number of aromatic nitrogens is 2. The van der Waals surface area contributed by atoms with Crippen LogP contribution >= 0.6 is 0 Å². The summed E-state index contributed by atoms with van der Waals surface area (Å²) in [5, 5.41) is 5.40. The molecule has 4 aromatic rings. The standard InChI is InChI=1S/C36H37BN2O4/c1-34(2)35(3,4)43-37(42-34)31-25-39(38-32(31)26-21-23-27(24-22-26)33(40)41-5)36(28-15-9-6-10-16-28,29-17-11-7-12-18-29)30-19-13-8-14-20-30/h6-19,21-25,30H,20H2,1-5H3. The molecule has 0 spiro atoms. The van der Waals surface area contributed by atoms with E-state index in [2.05, 4.69) is 111 Å². The molecule has 1 fully saturated rings. The lowest BCUT2D eigenvalue weighted by Crippen LogP contribution is -2.44. The van der Waals surface area contributed by atoms with E-state index >= 15 is 0 Å². The Balaban J connectivity index is 1.62. The van der Waals surface area contributed by atoms with Crippen molar-refractivity contribution < 1.29 is 18.8 Å². The molecule has 0 N–H and O–H groups in total. The van der Waals surface area contributed by atoms with Gasteiger partial charge in [0.2, 0.25) is 0 Å². The number of ether oxygens (including phenoxy) is 1. The summed E-state index contributed by atoms with van der Waals surface area (Å²) in [6, 6.07) is 28.5. The first-order valence-corrected chi connectivity index (χ1v) is 14.8. The fourth-order valence-corrected chi connectivity index (χ4v) is 6.12. The van der Waals surface area contributed by atoms with Crippen molar-refractivity contribution in [2.45, 2.75) is 50.9 Å². The summed E-state index contributed by atoms with van der Waals surface area (Å²) in [4.78, 5) is 12.2. The first-order valence-electron chi connectivity index (χ1n) is 14.8. The molecule has 1 atom stereocenters. The van der Waals surface area contributed by atoms with E-state index in [1.54, 1.807) is 12.1 Å². The summed E-state index contributed by atoms with van der Waals surface area (Å²) < 4.78 is 20.2. The first kappa shape index (κ1) is 28.9. The predicted molar refractivity (Wildman–Crippen MR) is 170 cm³/mol. The van der Waals surface area contributed by atoms with Gasteiger partial charge in [0.15, 0.2) is 0 Å². The molecule has 1 unspecified atom stereocenters. The van der Waals surface area contributed by atoms with Crippen molar-refractivity contribution in [1.82, 2.24) is 9.78 Å². The van der Waals surface area contributed by atoms with Gasteiger partial charge < -0.3 is 14.0 Å². The van der Waals surface area contributed by atoms with E-state index in [0.29, 0.717) is 5.56 Å². The van der Waals surface area contributed by atoms with Crippen LogP contribution in [0.15, 0.2) is 115 Å². The highest BCUT2D eigenvalue weighted by atomic mass is 16.7. The maximum Gasteiger partial charge on any atom is 0.498 e. The van der Waals surface area contributed by atoms with Crippen LogP contribution in [-0.2, 0) is 19.6 Å². The summed E-state index contributed by atoms with van der Waals surface area (Å²) in [6.45, 7) is 8.22. The summed E-state index contributed by atoms with van der Waals surface area (Å²) >= 11 is 0. The molecule has 7 heteroatoms. The summed E-state index contributed by atoms with van der Waals surface area (Å²) in [6.07, 6.45) is 11.7. The molecular formula is C36H37BN2O4. The zero-order valence-corrected chi connectivity index (χ0v) is 25.4. The number of esters is 1. The maximum atomic E-state index is 12.2. The third-order valence-corrected chi connectivity index (χ3v) is 9.14. The number of allylic oxidation sites excluding steroid dienone is 4. The van der Waals surface area contributed by atoms with Gasteiger partial charge in [-0.05, 0) is 57.4 Å². The van der Waals surface area contributed by atoms with Gasteiger partial charge >= 0.3 is 13.1 Å². The Morgan fingerprint density at radius 3 is 1.98 bits per heavy atom. The Labute approximate surface area is 254 Å². The predicted octanol–water partition coefficient (Wildman–Crippen LogP) is 6.56. The molecule has 2 aliphatic rings. The van der Waals surface area contributed by atoms with E-state index in [9.17, 15) is 4.79 Å². The molecule has 0 radical (unpaired) electrons. The third kappa shape index (κ3) is 4.96. The summed E-state index contributed by atoms with van der Waals surface area (Å²) in [5.74, 6) is -0.310. The van der Waals surface area contributed by atoms with Crippen LogP contribution in [0.25, 0.3) is 11.3 Å². The normalized spacial score (nSPS) is 19.0. The maximum absolute atomic E-state index is 12.2. The average Bonchev–Trinajstić information content (AvgIpc) is 3.56. The van der Waals surface area contributed by atoms with E-state index < -0.39 is 23.9 Å². The number of hydrogen-bond acceptors (Lipinski definition) is 5. The smallest absolute Gasteiger partial charge is 0.465 e. The molecule has 0 amide bonds. The van der Waals surface area contributed by atoms with Crippen LogP contribution in [0.3, 0.4) is 0 Å². The Morgan fingerprint density at radius 1 is 0.884 bits per heavy atom. The van der Waals surface area contributed by atoms with Gasteiger partial charge in [0.25, 0.3) is 0 Å². The monoisotopic (exact) mass is 572 g/mol. The Kier molecular flexibility index (Phi) is 7.49. The first-order chi connectivity index (χ1) is 20.7. The van der Waals surface area contributed by atoms with Gasteiger partial charge in [-0.25, -0.2) is 4.79 Å². The third-order valence-electron chi connectivity index (χ3n) is 9.14. The fourth-order valence-electron chi connectivity index (χ4n) is 6.12. The molecule has 2 heterocycles. The lowest BCUT2D eigenvalue weighted by molar-refractivity contribution is 0.00578. The van der Waals surface area contributed by atoms with Crippen molar-refractivity contribution in [1.29, 1.82) is 0 Å². The highest BCUT2D eigenvalue weighted by molar-refractivity contribution is 6.63. The zero-order chi connectivity index (χ0) is 30.2. The molecule has 6 rings (SSSR count). The van der Waals surface area contributed by atoms with Gasteiger partial charge in [-0.2, -0.15) is 5.10 Å². The van der Waals surface area contributed by atoms with E-state index in [1.165, 1.54) is 7.11 Å². The molecule has 1 aliphatic carbocycles. The van der Waals surface area contributed by atoms with E-state index in [4.69, 9.17) is 19.1 Å². The van der Waals surface area contributed by atoms with Gasteiger partial charge in [0, 0.05) is 23.1 Å². The van der Waals surface area contributed by atoms with E-state index in [0.717, 1.165) is 34.3 Å². The number of carbonyl (C=O) groups excluding carboxylic acids is 1. The summed E-state index contributed by atoms with van der Waals surface area (Å²) in [5.41, 5.74) is 3.42. The molecule has 218 valence electrons. The molecule has 1 aromatic heterocycles. The quantitative estimate of drug-likeness (QED) is 0.186. The molecule has 1 aliphatic heterocycles. The number of hydrogen-bond donors (Lipinski definition) is 0. The Hall–Kier alpha value is -4.20. The molecule has 0 bridgehead atoms. The van der Waals surface area contributed by atoms with Crippen LogP contribution in [0, 0.1) is 5.92 Å². The average molecular weight is 573 g/mol. The number of benzene rings is 3. The van der Waals surface area contributed by atoms with Crippen molar-refractivity contribution in [3.05, 3.63) is 132 Å². The molecule has 0 saturated carbocycles. The largest absolute Gasteiger partial charge is 0.498 e.